The van der Waals surface area contributed by atoms with E-state index in [0.717, 1.165) is 31.4 Å². The van der Waals surface area contributed by atoms with Gasteiger partial charge in [0.2, 0.25) is 6.29 Å². The molecular weight excluding hydrogens is 478 g/mol. The minimum absolute atomic E-state index is 0.0606. The van der Waals surface area contributed by atoms with Gasteiger partial charge < -0.3 is 34.6 Å². The van der Waals surface area contributed by atoms with E-state index in [4.69, 9.17) is 14.2 Å². The summed E-state index contributed by atoms with van der Waals surface area (Å²) in [5.41, 5.74) is 5.35. The summed E-state index contributed by atoms with van der Waals surface area (Å²) in [4.78, 5) is 11.5. The quantitative estimate of drug-likeness (QED) is 0.346. The number of benzene rings is 1. The second kappa shape index (κ2) is 10.5. The molecule has 37 heavy (non-hydrogen) atoms. The van der Waals surface area contributed by atoms with Gasteiger partial charge in [-0.2, -0.15) is 5.26 Å². The van der Waals surface area contributed by atoms with Crippen LogP contribution in [0.3, 0.4) is 0 Å². The first kappa shape index (κ1) is 25.7. The lowest BCUT2D eigenvalue weighted by atomic mass is 9.62. The van der Waals surface area contributed by atoms with Crippen molar-refractivity contribution in [3.63, 3.8) is 0 Å². The Morgan fingerprint density at radius 1 is 1.08 bits per heavy atom. The van der Waals surface area contributed by atoms with Crippen LogP contribution in [0, 0.1) is 23.2 Å². The Hall–Kier alpha value is -2.90. The molecule has 1 saturated heterocycles. The van der Waals surface area contributed by atoms with E-state index in [1.807, 2.05) is 6.07 Å². The van der Waals surface area contributed by atoms with Gasteiger partial charge in [-0.05, 0) is 74.6 Å². The molecule has 9 nitrogen and oxygen atoms in total. The summed E-state index contributed by atoms with van der Waals surface area (Å²) < 4.78 is 17.0. The summed E-state index contributed by atoms with van der Waals surface area (Å²) in [5, 5.41) is 49.5. The predicted molar refractivity (Wildman–Crippen MR) is 131 cm³/mol. The molecule has 2 fully saturated rings. The lowest BCUT2D eigenvalue weighted by Gasteiger charge is -2.43. The van der Waals surface area contributed by atoms with Crippen LogP contribution >= 0.6 is 0 Å². The Kier molecular flexibility index (Phi) is 7.28. The van der Waals surface area contributed by atoms with Crippen LogP contribution in [0.15, 0.2) is 34.9 Å². The van der Waals surface area contributed by atoms with E-state index in [1.165, 1.54) is 31.3 Å². The first-order chi connectivity index (χ1) is 17.8. The number of fused-ring (bicyclic) bond motifs is 3. The molecule has 1 aromatic carbocycles. The fourth-order valence-electron chi connectivity index (χ4n) is 6.55. The zero-order valence-corrected chi connectivity index (χ0v) is 20.8. The zero-order chi connectivity index (χ0) is 26.3. The molecule has 9 heteroatoms. The third kappa shape index (κ3) is 4.64. The van der Waals surface area contributed by atoms with Crippen molar-refractivity contribution >= 4 is 11.7 Å². The highest BCUT2D eigenvalue weighted by molar-refractivity contribution is 5.73. The van der Waals surface area contributed by atoms with Gasteiger partial charge in [-0.15, -0.1) is 0 Å². The molecule has 0 aromatic heterocycles. The number of hydrogen-bond acceptors (Lipinski definition) is 8. The Morgan fingerprint density at radius 3 is 2.59 bits per heavy atom. The molecule has 1 aliphatic heterocycles. The minimum Gasteiger partial charge on any atom is -0.496 e. The molecule has 1 aromatic rings. The topological polar surface area (TPSA) is 149 Å². The number of carboxylic acids is 1. The van der Waals surface area contributed by atoms with Crippen LogP contribution < -0.4 is 4.74 Å². The number of nitrogens with zero attached hydrogens (tertiary/aromatic N) is 1. The van der Waals surface area contributed by atoms with Crippen molar-refractivity contribution in [2.75, 3.05) is 7.11 Å². The van der Waals surface area contributed by atoms with Crippen LogP contribution in [-0.4, -0.2) is 64.2 Å². The zero-order valence-electron chi connectivity index (χ0n) is 20.8. The van der Waals surface area contributed by atoms with E-state index in [2.05, 4.69) is 0 Å². The minimum atomic E-state index is -1.83. The first-order valence-corrected chi connectivity index (χ1v) is 13.0. The number of ether oxygens (including phenoxy) is 3. The molecule has 198 valence electrons. The van der Waals surface area contributed by atoms with Gasteiger partial charge >= 0.3 is 5.97 Å². The molecule has 0 spiro atoms. The molecule has 0 amide bonds. The van der Waals surface area contributed by atoms with Crippen molar-refractivity contribution in [3.05, 3.63) is 46.0 Å². The lowest BCUT2D eigenvalue weighted by molar-refractivity contribution is -0.271. The molecule has 5 rings (SSSR count). The second-order valence-electron chi connectivity index (χ2n) is 10.4. The smallest absolute Gasteiger partial charge is 0.335 e. The average molecular weight is 512 g/mol. The molecule has 1 heterocycles. The average Bonchev–Trinajstić information content (AvgIpc) is 2.89. The Morgan fingerprint density at radius 2 is 1.86 bits per heavy atom. The number of carboxylic acid groups (broad SMARTS) is 1. The van der Waals surface area contributed by atoms with Crippen LogP contribution in [0.4, 0.5) is 0 Å². The number of aliphatic hydroxyl groups is 3. The fraction of sp³-hybridized carbons (Fsp3) is 0.571. The molecule has 7 atom stereocenters. The van der Waals surface area contributed by atoms with Crippen molar-refractivity contribution < 1.29 is 39.4 Å². The number of aliphatic hydroxyl groups excluding tert-OH is 3. The van der Waals surface area contributed by atoms with Crippen LogP contribution in [0.2, 0.25) is 0 Å². The number of methoxy groups -OCH3 is 1. The van der Waals surface area contributed by atoms with E-state index < -0.39 is 36.7 Å². The van der Waals surface area contributed by atoms with E-state index >= 15 is 0 Å². The fourth-order valence-corrected chi connectivity index (χ4v) is 6.55. The van der Waals surface area contributed by atoms with Gasteiger partial charge in [0.15, 0.2) is 6.10 Å². The number of allylic oxidation sites excluding steroid dienone is 3. The van der Waals surface area contributed by atoms with Crippen LogP contribution in [-0.2, 0) is 14.3 Å². The summed E-state index contributed by atoms with van der Waals surface area (Å²) in [6.45, 7) is 0. The van der Waals surface area contributed by atoms with Gasteiger partial charge in [0.05, 0.1) is 12.7 Å². The summed E-state index contributed by atoms with van der Waals surface area (Å²) in [6, 6.07) is 7.06. The third-order valence-corrected chi connectivity index (χ3v) is 8.29. The highest BCUT2D eigenvalue weighted by Gasteiger charge is 2.48. The maximum Gasteiger partial charge on any atom is 0.335 e. The van der Waals surface area contributed by atoms with Crippen molar-refractivity contribution in [3.8, 4) is 11.8 Å². The van der Waals surface area contributed by atoms with Gasteiger partial charge in [-0.1, -0.05) is 17.6 Å². The third-order valence-electron chi connectivity index (χ3n) is 8.29. The molecule has 4 unspecified atom stereocenters. The summed E-state index contributed by atoms with van der Waals surface area (Å²) >= 11 is 0. The van der Waals surface area contributed by atoms with E-state index in [-0.39, 0.29) is 11.3 Å². The van der Waals surface area contributed by atoms with E-state index in [1.54, 1.807) is 36.5 Å². The predicted octanol–water partition coefficient (Wildman–Crippen LogP) is 2.88. The molecule has 4 N–H and O–H groups in total. The maximum absolute atomic E-state index is 11.5. The number of nitriles is 1. The highest BCUT2D eigenvalue weighted by atomic mass is 16.7. The van der Waals surface area contributed by atoms with Gasteiger partial charge in [0.1, 0.15) is 35.9 Å². The number of rotatable bonds is 5. The summed E-state index contributed by atoms with van der Waals surface area (Å²) in [7, 11) is 1.64. The maximum atomic E-state index is 11.5. The molecule has 3 aliphatic carbocycles. The largest absolute Gasteiger partial charge is 0.496 e. The van der Waals surface area contributed by atoms with Crippen LogP contribution in [0.25, 0.3) is 5.76 Å². The Balaban J connectivity index is 1.51. The van der Waals surface area contributed by atoms with Crippen LogP contribution in [0.1, 0.15) is 62.5 Å². The Bertz CT molecular complexity index is 1170. The second-order valence-corrected chi connectivity index (χ2v) is 10.4. The molecule has 0 radical (unpaired) electrons. The lowest BCUT2D eigenvalue weighted by Crippen LogP contribution is -2.61. The van der Waals surface area contributed by atoms with Gasteiger partial charge in [0.25, 0.3) is 0 Å². The van der Waals surface area contributed by atoms with Crippen molar-refractivity contribution in [1.29, 1.82) is 5.26 Å². The number of aliphatic carboxylic acids is 1. The monoisotopic (exact) mass is 511 g/mol. The number of hydrogen-bond donors (Lipinski definition) is 4. The van der Waals surface area contributed by atoms with Crippen molar-refractivity contribution in [1.82, 2.24) is 0 Å². The summed E-state index contributed by atoms with van der Waals surface area (Å²) in [6.07, 6.45) is 0.474. The van der Waals surface area contributed by atoms with Crippen LogP contribution in [0.5, 0.6) is 5.75 Å². The molecule has 4 aliphatic rings. The SMILES string of the molecule is CO/C(=C1\C2CCCC1C1=C(CCCC1)C2)c1ccc(C#N)c(O[C@@H]2OC(C(=O)O)[C@@H](O)[C@H](O)C2O)c1. The van der Waals surface area contributed by atoms with Gasteiger partial charge in [-0.25, -0.2) is 4.79 Å². The standard InChI is InChI=1S/C28H33NO8/c1-35-25(21-15-6-4-8-19(21)18-7-3-2-5-14(18)11-15)16-9-10-17(13-29)20(12-16)36-28-24(32)22(30)23(31)26(37-28)27(33)34/h9-10,12,15,19,22-24,26,28,30-32H,2-8,11H2,1H3,(H,33,34)/b25-21+/t15?,19?,22-,23-,24?,26?,28+/m0/s1. The molecule has 1 saturated carbocycles. The first-order valence-electron chi connectivity index (χ1n) is 13.0. The normalized spacial score (nSPS) is 34.7. The number of carbonyl (C=O) groups is 1. The Labute approximate surface area is 215 Å². The molecular formula is C28H33NO8. The molecule has 2 bridgehead atoms. The van der Waals surface area contributed by atoms with E-state index in [0.29, 0.717) is 17.4 Å². The van der Waals surface area contributed by atoms with E-state index in [9.17, 15) is 30.5 Å². The van der Waals surface area contributed by atoms with Gasteiger partial charge in [-0.3, -0.25) is 0 Å². The van der Waals surface area contributed by atoms with Crippen molar-refractivity contribution in [2.45, 2.75) is 82.1 Å². The van der Waals surface area contributed by atoms with Gasteiger partial charge in [0, 0.05) is 11.5 Å². The summed E-state index contributed by atoms with van der Waals surface area (Å²) in [5.74, 6) is 0.0693. The highest BCUT2D eigenvalue weighted by Crippen LogP contribution is 2.53. The van der Waals surface area contributed by atoms with Crippen molar-refractivity contribution in [2.24, 2.45) is 11.8 Å².